The zero-order valence-electron chi connectivity index (χ0n) is 14.8. The average molecular weight is 355 g/mol. The Kier molecular flexibility index (Phi) is 4.30. The van der Waals surface area contributed by atoms with Crippen LogP contribution in [0, 0.1) is 0 Å². The number of aromatic nitrogens is 1. The van der Waals surface area contributed by atoms with Crippen LogP contribution in [0.25, 0.3) is 27.7 Å². The van der Waals surface area contributed by atoms with Crippen LogP contribution in [-0.4, -0.2) is 17.6 Å². The van der Waals surface area contributed by atoms with Gasteiger partial charge in [0.25, 0.3) is 5.56 Å². The highest BCUT2D eigenvalue weighted by Crippen LogP contribution is 2.28. The van der Waals surface area contributed by atoms with E-state index in [9.17, 15) is 9.59 Å². The molecule has 0 spiro atoms. The third kappa shape index (κ3) is 3.02. The number of para-hydroxylation sites is 2. The van der Waals surface area contributed by atoms with Crippen LogP contribution in [0.4, 0.5) is 0 Å². The quantitative estimate of drug-likeness (QED) is 0.510. The fraction of sp³-hybridized carbons (Fsp3) is 0.0435. The first-order chi connectivity index (χ1) is 13.2. The maximum Gasteiger partial charge on any atom is 0.337 e. The lowest BCUT2D eigenvalue weighted by Crippen LogP contribution is -2.18. The minimum atomic E-state index is -0.383. The van der Waals surface area contributed by atoms with Gasteiger partial charge >= 0.3 is 5.97 Å². The first kappa shape index (κ1) is 16.8. The molecule has 0 bridgehead atoms. The maximum absolute atomic E-state index is 12.9. The summed E-state index contributed by atoms with van der Waals surface area (Å²) in [5.41, 5.74) is 3.74. The molecular formula is C23H17NO3. The van der Waals surface area contributed by atoms with Crippen LogP contribution in [0.1, 0.15) is 10.4 Å². The van der Waals surface area contributed by atoms with Crippen molar-refractivity contribution in [1.29, 1.82) is 0 Å². The van der Waals surface area contributed by atoms with E-state index < -0.39 is 0 Å². The third-order valence-electron chi connectivity index (χ3n) is 4.55. The summed E-state index contributed by atoms with van der Waals surface area (Å²) < 4.78 is 6.45. The smallest absolute Gasteiger partial charge is 0.337 e. The molecule has 4 aromatic rings. The van der Waals surface area contributed by atoms with Gasteiger partial charge in [0.05, 0.1) is 18.2 Å². The van der Waals surface area contributed by atoms with Crippen molar-refractivity contribution in [2.24, 2.45) is 0 Å². The van der Waals surface area contributed by atoms with Gasteiger partial charge in [-0.05, 0) is 41.5 Å². The highest BCUT2D eigenvalue weighted by Gasteiger charge is 2.12. The molecule has 0 aliphatic carbocycles. The maximum atomic E-state index is 12.9. The molecule has 4 rings (SSSR count). The fourth-order valence-electron chi connectivity index (χ4n) is 3.27. The van der Waals surface area contributed by atoms with Gasteiger partial charge in [0.1, 0.15) is 0 Å². The lowest BCUT2D eigenvalue weighted by atomic mass is 9.99. The van der Waals surface area contributed by atoms with Crippen LogP contribution in [0.2, 0.25) is 0 Å². The summed E-state index contributed by atoms with van der Waals surface area (Å²) in [5.74, 6) is -0.383. The molecule has 0 saturated heterocycles. The van der Waals surface area contributed by atoms with E-state index in [4.69, 9.17) is 4.74 Å². The van der Waals surface area contributed by atoms with Gasteiger partial charge in [0.15, 0.2) is 0 Å². The summed E-state index contributed by atoms with van der Waals surface area (Å²) in [6.07, 6.45) is 0. The Balaban J connectivity index is 1.94. The van der Waals surface area contributed by atoms with Gasteiger partial charge in [0.2, 0.25) is 0 Å². The van der Waals surface area contributed by atoms with Crippen LogP contribution in [-0.2, 0) is 4.74 Å². The molecule has 0 N–H and O–H groups in total. The summed E-state index contributed by atoms with van der Waals surface area (Å²) in [6, 6.07) is 26.1. The minimum absolute atomic E-state index is 0.105. The largest absolute Gasteiger partial charge is 0.465 e. The van der Waals surface area contributed by atoms with Crippen molar-refractivity contribution in [2.45, 2.75) is 0 Å². The van der Waals surface area contributed by atoms with E-state index >= 15 is 0 Å². The summed E-state index contributed by atoms with van der Waals surface area (Å²) >= 11 is 0. The molecule has 4 nitrogen and oxygen atoms in total. The van der Waals surface area contributed by atoms with Crippen molar-refractivity contribution in [3.63, 3.8) is 0 Å². The van der Waals surface area contributed by atoms with E-state index in [1.807, 2.05) is 66.7 Å². The molecule has 4 heteroatoms. The summed E-state index contributed by atoms with van der Waals surface area (Å²) in [7, 11) is 1.35. The molecule has 0 aliphatic rings. The van der Waals surface area contributed by atoms with E-state index in [-0.39, 0.29) is 11.5 Å². The van der Waals surface area contributed by atoms with E-state index in [1.165, 1.54) is 7.11 Å². The number of esters is 1. The molecule has 0 radical (unpaired) electrons. The number of rotatable bonds is 3. The van der Waals surface area contributed by atoms with Crippen molar-refractivity contribution >= 4 is 16.9 Å². The van der Waals surface area contributed by atoms with Gasteiger partial charge in [-0.25, -0.2) is 4.79 Å². The van der Waals surface area contributed by atoms with Crippen LogP contribution in [0.15, 0.2) is 89.7 Å². The number of nitrogens with zero attached hydrogens (tertiary/aromatic N) is 1. The second kappa shape index (κ2) is 6.92. The third-order valence-corrected chi connectivity index (χ3v) is 4.55. The lowest BCUT2D eigenvalue weighted by Gasteiger charge is -2.14. The fourth-order valence-corrected chi connectivity index (χ4v) is 3.27. The van der Waals surface area contributed by atoms with Crippen molar-refractivity contribution in [3.8, 4) is 16.8 Å². The van der Waals surface area contributed by atoms with Crippen molar-refractivity contribution in [3.05, 3.63) is 101 Å². The van der Waals surface area contributed by atoms with Gasteiger partial charge in [-0.2, -0.15) is 0 Å². The number of hydrogen-bond acceptors (Lipinski definition) is 3. The van der Waals surface area contributed by atoms with Crippen LogP contribution >= 0.6 is 0 Å². The summed E-state index contributed by atoms with van der Waals surface area (Å²) in [5, 5.41) is 0.965. The molecular weight excluding hydrogens is 338 g/mol. The SMILES string of the molecule is COC(=O)c1ccc(-c2cc(=O)n(-c3ccccc3)c3ccccc23)cc1. The van der Waals surface area contributed by atoms with Crippen LogP contribution < -0.4 is 5.56 Å². The van der Waals surface area contributed by atoms with Crippen LogP contribution in [0.3, 0.4) is 0 Å². The summed E-state index contributed by atoms with van der Waals surface area (Å²) in [6.45, 7) is 0. The Morgan fingerprint density at radius 1 is 0.852 bits per heavy atom. The van der Waals surface area contributed by atoms with Crippen molar-refractivity contribution in [1.82, 2.24) is 4.57 Å². The topological polar surface area (TPSA) is 48.3 Å². The molecule has 1 aromatic heterocycles. The van der Waals surface area contributed by atoms with Gasteiger partial charge in [-0.3, -0.25) is 9.36 Å². The van der Waals surface area contributed by atoms with Gasteiger partial charge < -0.3 is 4.74 Å². The average Bonchev–Trinajstić information content (AvgIpc) is 2.73. The molecule has 0 aliphatic heterocycles. The van der Waals surface area contributed by atoms with E-state index in [1.54, 1.807) is 22.8 Å². The van der Waals surface area contributed by atoms with Gasteiger partial charge in [0, 0.05) is 17.1 Å². The number of carbonyl (C=O) groups is 1. The Morgan fingerprint density at radius 3 is 2.22 bits per heavy atom. The first-order valence-electron chi connectivity index (χ1n) is 8.58. The minimum Gasteiger partial charge on any atom is -0.465 e. The molecule has 27 heavy (non-hydrogen) atoms. The predicted molar refractivity (Wildman–Crippen MR) is 106 cm³/mol. The number of methoxy groups -OCH3 is 1. The molecule has 1 heterocycles. The number of fused-ring (bicyclic) bond motifs is 1. The number of ether oxygens (including phenoxy) is 1. The zero-order valence-corrected chi connectivity index (χ0v) is 14.8. The highest BCUT2D eigenvalue weighted by atomic mass is 16.5. The highest BCUT2D eigenvalue weighted by molar-refractivity contribution is 5.96. The number of pyridine rings is 1. The predicted octanol–water partition coefficient (Wildman–Crippen LogP) is 4.44. The lowest BCUT2D eigenvalue weighted by molar-refractivity contribution is 0.0601. The molecule has 0 atom stereocenters. The van der Waals surface area contributed by atoms with Crippen LogP contribution in [0.5, 0.6) is 0 Å². The second-order valence-electron chi connectivity index (χ2n) is 6.15. The van der Waals surface area contributed by atoms with E-state index in [0.717, 1.165) is 27.7 Å². The molecule has 3 aromatic carbocycles. The Bertz CT molecular complexity index is 1180. The van der Waals surface area contributed by atoms with E-state index in [2.05, 4.69) is 0 Å². The van der Waals surface area contributed by atoms with Gasteiger partial charge in [-0.15, -0.1) is 0 Å². The number of benzene rings is 3. The Morgan fingerprint density at radius 2 is 1.52 bits per heavy atom. The number of hydrogen-bond donors (Lipinski definition) is 0. The van der Waals surface area contributed by atoms with Gasteiger partial charge in [-0.1, -0.05) is 48.5 Å². The molecule has 0 fully saturated rings. The first-order valence-corrected chi connectivity index (χ1v) is 8.58. The zero-order chi connectivity index (χ0) is 18.8. The standard InChI is InChI=1S/C23H17NO3/c1-27-23(26)17-13-11-16(12-14-17)20-15-22(25)24(18-7-3-2-4-8-18)21-10-6-5-9-19(20)21/h2-15H,1H3. The molecule has 132 valence electrons. The Labute approximate surface area is 156 Å². The van der Waals surface area contributed by atoms with Crippen molar-refractivity contribution < 1.29 is 9.53 Å². The Hall–Kier alpha value is -3.66. The monoisotopic (exact) mass is 355 g/mol. The van der Waals surface area contributed by atoms with E-state index in [0.29, 0.717) is 5.56 Å². The van der Waals surface area contributed by atoms with Crippen molar-refractivity contribution in [2.75, 3.05) is 7.11 Å². The summed E-state index contributed by atoms with van der Waals surface area (Å²) in [4.78, 5) is 24.6. The molecule has 0 amide bonds. The molecule has 0 unspecified atom stereocenters. The second-order valence-corrected chi connectivity index (χ2v) is 6.15. The normalized spacial score (nSPS) is 10.7. The number of carbonyl (C=O) groups excluding carboxylic acids is 1. The molecule has 0 saturated carbocycles.